The van der Waals surface area contributed by atoms with E-state index in [4.69, 9.17) is 9.26 Å². The lowest BCUT2D eigenvalue weighted by Gasteiger charge is -2.31. The van der Waals surface area contributed by atoms with E-state index in [-0.39, 0.29) is 11.9 Å². The van der Waals surface area contributed by atoms with Gasteiger partial charge in [-0.3, -0.25) is 0 Å². The second-order valence-corrected chi connectivity index (χ2v) is 7.34. The summed E-state index contributed by atoms with van der Waals surface area (Å²) in [6, 6.07) is 0.000419. The molecule has 1 aromatic heterocycles. The molecule has 0 spiro atoms. The summed E-state index contributed by atoms with van der Waals surface area (Å²) >= 11 is 0. The Morgan fingerprint density at radius 2 is 2.04 bits per heavy atom. The molecule has 3 rings (SSSR count). The number of ether oxygens (including phenoxy) is 1. The first-order valence-corrected chi connectivity index (χ1v) is 9.58. The molecule has 2 atom stereocenters. The van der Waals surface area contributed by atoms with Crippen LogP contribution in [0.3, 0.4) is 0 Å². The quantitative estimate of drug-likeness (QED) is 0.826. The van der Waals surface area contributed by atoms with E-state index >= 15 is 0 Å². The highest BCUT2D eigenvalue weighted by atomic mass is 16.5. The minimum Gasteiger partial charge on any atom is -0.376 e. The lowest BCUT2D eigenvalue weighted by molar-refractivity contribution is -0.00277. The molecule has 0 radical (unpaired) electrons. The summed E-state index contributed by atoms with van der Waals surface area (Å²) in [7, 11) is 0. The predicted molar refractivity (Wildman–Crippen MR) is 93.4 cm³/mol. The summed E-state index contributed by atoms with van der Waals surface area (Å²) in [6.45, 7) is 6.70. The molecule has 0 bridgehead atoms. The average molecular weight is 350 g/mol. The Morgan fingerprint density at radius 3 is 2.72 bits per heavy atom. The summed E-state index contributed by atoms with van der Waals surface area (Å²) in [6.07, 6.45) is 7.08. The second-order valence-electron chi connectivity index (χ2n) is 7.34. The van der Waals surface area contributed by atoms with Gasteiger partial charge in [0.25, 0.3) is 0 Å². The molecule has 7 nitrogen and oxygen atoms in total. The third-order valence-corrected chi connectivity index (χ3v) is 5.42. The second kappa shape index (κ2) is 8.65. The first-order valence-electron chi connectivity index (χ1n) is 9.58. The molecular formula is C18H30N4O3. The molecule has 2 heterocycles. The van der Waals surface area contributed by atoms with Crippen LogP contribution in [0.5, 0.6) is 0 Å². The van der Waals surface area contributed by atoms with Crippen molar-refractivity contribution in [3.05, 3.63) is 11.7 Å². The largest absolute Gasteiger partial charge is 0.376 e. The zero-order valence-corrected chi connectivity index (χ0v) is 15.4. The van der Waals surface area contributed by atoms with E-state index in [2.05, 4.69) is 22.4 Å². The molecule has 25 heavy (non-hydrogen) atoms. The van der Waals surface area contributed by atoms with E-state index in [0.717, 1.165) is 32.4 Å². The van der Waals surface area contributed by atoms with Gasteiger partial charge >= 0.3 is 6.03 Å². The number of amides is 2. The van der Waals surface area contributed by atoms with Crippen molar-refractivity contribution in [1.82, 2.24) is 20.4 Å². The number of urea groups is 1. The van der Waals surface area contributed by atoms with Crippen LogP contribution in [0.4, 0.5) is 4.79 Å². The molecule has 1 aromatic rings. The van der Waals surface area contributed by atoms with Gasteiger partial charge in [-0.25, -0.2) is 4.79 Å². The van der Waals surface area contributed by atoms with E-state index in [1.807, 2.05) is 11.8 Å². The van der Waals surface area contributed by atoms with Gasteiger partial charge in [-0.15, -0.1) is 0 Å². The van der Waals surface area contributed by atoms with Crippen LogP contribution in [0, 0.1) is 12.8 Å². The van der Waals surface area contributed by atoms with Gasteiger partial charge in [0.1, 0.15) is 0 Å². The number of nitrogens with zero attached hydrogens (tertiary/aromatic N) is 3. The summed E-state index contributed by atoms with van der Waals surface area (Å²) in [5.41, 5.74) is 0. The minimum absolute atomic E-state index is 0.000419. The Morgan fingerprint density at radius 1 is 1.28 bits per heavy atom. The monoisotopic (exact) mass is 350 g/mol. The number of aromatic nitrogens is 2. The molecular weight excluding hydrogens is 320 g/mol. The third kappa shape index (κ3) is 4.93. The zero-order valence-electron chi connectivity index (χ0n) is 15.4. The first-order chi connectivity index (χ1) is 12.1. The lowest BCUT2D eigenvalue weighted by atomic mass is 9.88. The summed E-state index contributed by atoms with van der Waals surface area (Å²) in [5, 5.41) is 6.82. The number of hydrogen-bond donors (Lipinski definition) is 1. The van der Waals surface area contributed by atoms with E-state index in [9.17, 15) is 4.79 Å². The van der Waals surface area contributed by atoms with Crippen LogP contribution in [0.15, 0.2) is 4.52 Å². The molecule has 140 valence electrons. The van der Waals surface area contributed by atoms with Crippen LogP contribution in [-0.2, 0) is 4.74 Å². The first kappa shape index (κ1) is 18.2. The van der Waals surface area contributed by atoms with Crippen molar-refractivity contribution in [3.63, 3.8) is 0 Å². The summed E-state index contributed by atoms with van der Waals surface area (Å²) in [4.78, 5) is 18.4. The van der Waals surface area contributed by atoms with Gasteiger partial charge in [-0.05, 0) is 38.5 Å². The van der Waals surface area contributed by atoms with Crippen LogP contribution in [0.2, 0.25) is 0 Å². The van der Waals surface area contributed by atoms with Gasteiger partial charge in [0, 0.05) is 25.6 Å². The molecule has 2 amide bonds. The Kier molecular flexibility index (Phi) is 6.29. The molecule has 1 N–H and O–H groups in total. The van der Waals surface area contributed by atoms with Crippen molar-refractivity contribution in [2.75, 3.05) is 26.2 Å². The zero-order chi connectivity index (χ0) is 17.6. The Hall–Kier alpha value is -1.63. The van der Waals surface area contributed by atoms with Crippen LogP contribution in [0.25, 0.3) is 0 Å². The molecule has 2 aliphatic rings. The van der Waals surface area contributed by atoms with Crippen LogP contribution < -0.4 is 5.32 Å². The number of aryl methyl sites for hydroxylation is 1. The summed E-state index contributed by atoms with van der Waals surface area (Å²) in [5.74, 6) is 2.27. The Bertz CT molecular complexity index is 554. The number of carbonyl (C=O) groups is 1. The van der Waals surface area contributed by atoms with Crippen molar-refractivity contribution < 1.29 is 14.1 Å². The smallest absolute Gasteiger partial charge is 0.317 e. The van der Waals surface area contributed by atoms with Crippen LogP contribution >= 0.6 is 0 Å². The van der Waals surface area contributed by atoms with Crippen molar-refractivity contribution in [2.45, 2.75) is 64.4 Å². The van der Waals surface area contributed by atoms with E-state index in [0.29, 0.717) is 36.9 Å². The Balaban J connectivity index is 1.32. The highest BCUT2D eigenvalue weighted by molar-refractivity contribution is 5.74. The lowest BCUT2D eigenvalue weighted by Crippen LogP contribution is -2.45. The molecule has 1 saturated heterocycles. The number of nitrogens with one attached hydrogen (secondary N) is 1. The van der Waals surface area contributed by atoms with Crippen molar-refractivity contribution in [3.8, 4) is 0 Å². The fourth-order valence-electron chi connectivity index (χ4n) is 3.82. The number of piperidine rings is 1. The highest BCUT2D eigenvalue weighted by Gasteiger charge is 2.27. The molecule has 7 heteroatoms. The van der Waals surface area contributed by atoms with Gasteiger partial charge in [0.2, 0.25) is 5.89 Å². The van der Waals surface area contributed by atoms with Gasteiger partial charge in [0.15, 0.2) is 5.82 Å². The predicted octanol–water partition coefficient (Wildman–Crippen LogP) is 2.86. The molecule has 2 fully saturated rings. The van der Waals surface area contributed by atoms with Gasteiger partial charge in [0.05, 0.1) is 12.7 Å². The molecule has 0 aromatic carbocycles. The standard InChI is InChI=1S/C18H30N4O3/c1-13-5-3-4-6-16(13)24-12-9-19-18(23)22-10-7-15(8-11-22)17-20-14(2)21-25-17/h13,15-16H,3-12H2,1-2H3,(H,19,23)/t13-,16-/m1/s1. The van der Waals surface area contributed by atoms with E-state index in [1.54, 1.807) is 0 Å². The van der Waals surface area contributed by atoms with Crippen molar-refractivity contribution >= 4 is 6.03 Å². The van der Waals surface area contributed by atoms with Gasteiger partial charge in [-0.1, -0.05) is 24.9 Å². The van der Waals surface area contributed by atoms with Crippen LogP contribution in [-0.4, -0.2) is 53.4 Å². The average Bonchev–Trinajstić information content (AvgIpc) is 3.06. The van der Waals surface area contributed by atoms with Gasteiger partial charge < -0.3 is 19.5 Å². The van der Waals surface area contributed by atoms with Crippen molar-refractivity contribution in [1.29, 1.82) is 0 Å². The number of rotatable bonds is 5. The van der Waals surface area contributed by atoms with Gasteiger partial charge in [-0.2, -0.15) is 4.98 Å². The normalized spacial score (nSPS) is 25.1. The third-order valence-electron chi connectivity index (χ3n) is 5.42. The molecule has 0 unspecified atom stereocenters. The highest BCUT2D eigenvalue weighted by Crippen LogP contribution is 2.27. The minimum atomic E-state index is 0.000419. The Labute approximate surface area is 149 Å². The number of carbonyl (C=O) groups excluding carboxylic acids is 1. The summed E-state index contributed by atoms with van der Waals surface area (Å²) < 4.78 is 11.2. The topological polar surface area (TPSA) is 80.5 Å². The maximum atomic E-state index is 12.3. The van der Waals surface area contributed by atoms with Crippen LogP contribution in [0.1, 0.15) is 63.1 Å². The fraction of sp³-hybridized carbons (Fsp3) is 0.833. The molecule has 1 aliphatic heterocycles. The number of hydrogen-bond acceptors (Lipinski definition) is 5. The fourth-order valence-corrected chi connectivity index (χ4v) is 3.82. The number of likely N-dealkylation sites (tertiary alicyclic amines) is 1. The maximum Gasteiger partial charge on any atom is 0.317 e. The maximum absolute atomic E-state index is 12.3. The van der Waals surface area contributed by atoms with E-state index < -0.39 is 0 Å². The van der Waals surface area contributed by atoms with Crippen molar-refractivity contribution in [2.24, 2.45) is 5.92 Å². The molecule has 1 aliphatic carbocycles. The molecule has 1 saturated carbocycles. The van der Waals surface area contributed by atoms with E-state index in [1.165, 1.54) is 19.3 Å². The SMILES string of the molecule is Cc1noc(C2CCN(C(=O)NCCO[C@@H]3CCCC[C@H]3C)CC2)n1.